The lowest BCUT2D eigenvalue weighted by Crippen LogP contribution is -2.29. The molecule has 0 aromatic heterocycles. The van der Waals surface area contributed by atoms with Gasteiger partial charge in [0.05, 0.1) is 11.4 Å². The summed E-state index contributed by atoms with van der Waals surface area (Å²) in [7, 11) is 0. The van der Waals surface area contributed by atoms with Gasteiger partial charge in [0.2, 0.25) is 0 Å². The predicted octanol–water partition coefficient (Wildman–Crippen LogP) is 3.96. The summed E-state index contributed by atoms with van der Waals surface area (Å²) in [6, 6.07) is 12.9. The van der Waals surface area contributed by atoms with Gasteiger partial charge in [0.15, 0.2) is 5.75 Å². The van der Waals surface area contributed by atoms with E-state index in [-0.39, 0.29) is 6.61 Å². The van der Waals surface area contributed by atoms with Crippen LogP contribution in [0.1, 0.15) is 30.5 Å². The Balaban J connectivity index is 1.71. The van der Waals surface area contributed by atoms with E-state index in [1.54, 1.807) is 19.1 Å². The average Bonchev–Trinajstić information content (AvgIpc) is 3.11. The molecule has 7 nitrogen and oxygen atoms in total. The zero-order valence-corrected chi connectivity index (χ0v) is 14.6. The van der Waals surface area contributed by atoms with E-state index in [9.17, 15) is 9.90 Å². The van der Waals surface area contributed by atoms with Crippen LogP contribution in [0.15, 0.2) is 47.6 Å². The Kier molecular flexibility index (Phi) is 5.38. The molecule has 1 amide bonds. The minimum Gasteiger partial charge on any atom is -0.465 e. The van der Waals surface area contributed by atoms with Crippen molar-refractivity contribution in [3.8, 4) is 5.75 Å². The van der Waals surface area contributed by atoms with Gasteiger partial charge in [-0.1, -0.05) is 35.5 Å². The van der Waals surface area contributed by atoms with Gasteiger partial charge in [0.25, 0.3) is 0 Å². The molecular formula is C19H20N2O5. The van der Waals surface area contributed by atoms with Gasteiger partial charge in [0, 0.05) is 23.2 Å². The maximum absolute atomic E-state index is 11.4. The van der Waals surface area contributed by atoms with Crippen LogP contribution in [0.25, 0.3) is 0 Å². The van der Waals surface area contributed by atoms with Crippen LogP contribution in [0, 0.1) is 0 Å². The summed E-state index contributed by atoms with van der Waals surface area (Å²) in [5, 5.41) is 13.5. The number of hydrogen-bond donors (Lipinski definition) is 1. The molecule has 0 radical (unpaired) electrons. The Morgan fingerprint density at radius 1 is 1.31 bits per heavy atom. The van der Waals surface area contributed by atoms with E-state index in [2.05, 4.69) is 5.16 Å². The molecule has 2 aromatic carbocycles. The van der Waals surface area contributed by atoms with Crippen LogP contribution in [0.5, 0.6) is 5.75 Å². The number of anilines is 1. The van der Waals surface area contributed by atoms with Crippen LogP contribution in [-0.2, 0) is 22.9 Å². The van der Waals surface area contributed by atoms with Crippen molar-refractivity contribution in [2.75, 3.05) is 11.4 Å². The molecule has 0 saturated heterocycles. The summed E-state index contributed by atoms with van der Waals surface area (Å²) in [4.78, 5) is 28.1. The first-order valence-electron chi connectivity index (χ1n) is 8.28. The number of hydrogen-bond acceptors (Lipinski definition) is 5. The average molecular weight is 356 g/mol. The van der Waals surface area contributed by atoms with Crippen LogP contribution in [-0.4, -0.2) is 23.5 Å². The third kappa shape index (κ3) is 3.78. The van der Waals surface area contributed by atoms with Gasteiger partial charge in [-0.15, -0.1) is 0 Å². The fraction of sp³-hybridized carbons (Fsp3) is 0.263. The van der Waals surface area contributed by atoms with Crippen molar-refractivity contribution >= 4 is 17.5 Å². The predicted molar refractivity (Wildman–Crippen MR) is 96.3 cm³/mol. The van der Waals surface area contributed by atoms with Crippen LogP contribution < -0.4 is 9.79 Å². The molecular weight excluding hydrogens is 336 g/mol. The third-order valence-electron chi connectivity index (χ3n) is 4.10. The molecule has 7 heteroatoms. The molecule has 0 bridgehead atoms. The van der Waals surface area contributed by atoms with E-state index in [1.807, 2.05) is 37.3 Å². The highest BCUT2D eigenvalue weighted by Gasteiger charge is 2.16. The number of carbonyl (C=O) groups is 1. The molecule has 0 unspecified atom stereocenters. The third-order valence-corrected chi connectivity index (χ3v) is 4.10. The van der Waals surface area contributed by atoms with Crippen molar-refractivity contribution in [3.63, 3.8) is 0 Å². The number of para-hydroxylation sites is 1. The van der Waals surface area contributed by atoms with Crippen molar-refractivity contribution in [2.45, 2.75) is 27.1 Å². The van der Waals surface area contributed by atoms with Crippen molar-refractivity contribution in [3.05, 3.63) is 59.2 Å². The first kappa shape index (κ1) is 17.8. The fourth-order valence-corrected chi connectivity index (χ4v) is 2.69. The summed E-state index contributed by atoms with van der Waals surface area (Å²) in [6.07, 6.45) is -1.00. The lowest BCUT2D eigenvalue weighted by Gasteiger charge is -2.20. The second-order valence-electron chi connectivity index (χ2n) is 5.77. The van der Waals surface area contributed by atoms with Gasteiger partial charge in [-0.3, -0.25) is 4.90 Å². The topological polar surface area (TPSA) is 80.6 Å². The zero-order chi connectivity index (χ0) is 18.5. The van der Waals surface area contributed by atoms with Crippen molar-refractivity contribution in [2.24, 2.45) is 5.16 Å². The minimum atomic E-state index is -1.00. The first-order chi connectivity index (χ1) is 12.6. The summed E-state index contributed by atoms with van der Waals surface area (Å²) in [5.41, 5.74) is 3.89. The normalized spacial score (nSPS) is 13.1. The summed E-state index contributed by atoms with van der Waals surface area (Å²) >= 11 is 0. The molecule has 0 spiro atoms. The molecule has 1 aliphatic rings. The smallest absolute Gasteiger partial charge is 0.411 e. The Morgan fingerprint density at radius 2 is 2.12 bits per heavy atom. The number of benzene rings is 2. The van der Waals surface area contributed by atoms with E-state index in [0.717, 1.165) is 16.7 Å². The number of amides is 1. The first-order valence-corrected chi connectivity index (χ1v) is 8.28. The molecule has 0 aliphatic carbocycles. The number of oxime groups is 1. The quantitative estimate of drug-likeness (QED) is 0.481. The second-order valence-corrected chi connectivity index (χ2v) is 5.77. The molecule has 1 N–H and O–H groups in total. The number of fused-ring (bicyclic) bond motifs is 1. The van der Waals surface area contributed by atoms with Crippen molar-refractivity contribution in [1.29, 1.82) is 0 Å². The van der Waals surface area contributed by atoms with E-state index in [4.69, 9.17) is 14.6 Å². The van der Waals surface area contributed by atoms with Crippen molar-refractivity contribution < 1.29 is 24.5 Å². The number of carboxylic acid groups (broad SMARTS) is 1. The molecule has 26 heavy (non-hydrogen) atoms. The minimum absolute atomic E-state index is 0.168. The van der Waals surface area contributed by atoms with E-state index in [1.165, 1.54) is 4.90 Å². The Morgan fingerprint density at radius 3 is 2.88 bits per heavy atom. The molecule has 136 valence electrons. The summed E-state index contributed by atoms with van der Waals surface area (Å²) in [6.45, 7) is 4.58. The van der Waals surface area contributed by atoms with E-state index < -0.39 is 6.09 Å². The van der Waals surface area contributed by atoms with Crippen LogP contribution in [0.4, 0.5) is 10.5 Å². The number of nitrogens with zero attached hydrogens (tertiary/aromatic N) is 2. The van der Waals surface area contributed by atoms with Crippen LogP contribution in [0.2, 0.25) is 0 Å². The standard InChI is InChI=1S/C19H20N2O5/c1-3-21(19(22)23)17-7-5-4-6-15(17)11-24-20-13(2)14-8-9-16-12-25-26-18(16)10-14/h4-10H,3,11-12H2,1-2H3,(H,22,23)/b20-13-. The highest BCUT2D eigenvalue weighted by molar-refractivity contribution is 5.98. The molecule has 2 aromatic rings. The highest BCUT2D eigenvalue weighted by Crippen LogP contribution is 2.27. The van der Waals surface area contributed by atoms with Crippen molar-refractivity contribution in [1.82, 2.24) is 0 Å². The van der Waals surface area contributed by atoms with Gasteiger partial charge in [-0.25, -0.2) is 4.79 Å². The van der Waals surface area contributed by atoms with Gasteiger partial charge in [0.1, 0.15) is 13.2 Å². The molecule has 0 saturated carbocycles. The SMILES string of the molecule is CCN(C(=O)O)c1ccccc1CO/N=C(/C)c1ccc2c(c1)OOC2. The van der Waals surface area contributed by atoms with E-state index in [0.29, 0.717) is 30.3 Å². The Labute approximate surface area is 151 Å². The van der Waals surface area contributed by atoms with Gasteiger partial charge < -0.3 is 14.8 Å². The fourth-order valence-electron chi connectivity index (χ4n) is 2.69. The zero-order valence-electron chi connectivity index (χ0n) is 14.6. The Bertz CT molecular complexity index is 834. The molecule has 1 heterocycles. The van der Waals surface area contributed by atoms with Crippen LogP contribution >= 0.6 is 0 Å². The van der Waals surface area contributed by atoms with Gasteiger partial charge in [-0.2, -0.15) is 4.89 Å². The van der Waals surface area contributed by atoms with Crippen LogP contribution in [0.3, 0.4) is 0 Å². The summed E-state index contributed by atoms with van der Waals surface area (Å²) < 4.78 is 0. The monoisotopic (exact) mass is 356 g/mol. The number of rotatable bonds is 6. The lowest BCUT2D eigenvalue weighted by atomic mass is 10.1. The Hall–Kier alpha value is -3.06. The van der Waals surface area contributed by atoms with Gasteiger partial charge in [-0.05, 0) is 26.0 Å². The highest BCUT2D eigenvalue weighted by atomic mass is 17.2. The second kappa shape index (κ2) is 7.88. The molecule has 0 fully saturated rings. The molecule has 0 atom stereocenters. The largest absolute Gasteiger partial charge is 0.465 e. The maximum atomic E-state index is 11.4. The molecule has 1 aliphatic heterocycles. The molecule has 3 rings (SSSR count). The maximum Gasteiger partial charge on any atom is 0.411 e. The summed E-state index contributed by atoms with van der Waals surface area (Å²) in [5.74, 6) is 0.683. The lowest BCUT2D eigenvalue weighted by molar-refractivity contribution is -0.194. The van der Waals surface area contributed by atoms with Gasteiger partial charge >= 0.3 is 6.09 Å². The van der Waals surface area contributed by atoms with E-state index >= 15 is 0 Å².